The van der Waals surface area contributed by atoms with E-state index < -0.39 is 6.04 Å². The smallest absolute Gasteiger partial charge is 0.247 e. The molecule has 0 radical (unpaired) electrons. The van der Waals surface area contributed by atoms with E-state index in [1.807, 2.05) is 82.3 Å². The first-order valence-electron chi connectivity index (χ1n) is 9.78. The Labute approximate surface area is 167 Å². The lowest BCUT2D eigenvalue weighted by Gasteiger charge is -2.22. The van der Waals surface area contributed by atoms with Crippen LogP contribution >= 0.6 is 0 Å². The lowest BCUT2D eigenvalue weighted by atomic mass is 10.0. The van der Waals surface area contributed by atoms with Gasteiger partial charge in [-0.25, -0.2) is 0 Å². The molecule has 150 valence electrons. The van der Waals surface area contributed by atoms with Crippen molar-refractivity contribution in [2.75, 3.05) is 6.61 Å². The quantitative estimate of drug-likeness (QED) is 0.684. The molecule has 0 aliphatic heterocycles. The highest BCUT2D eigenvalue weighted by atomic mass is 16.5. The van der Waals surface area contributed by atoms with Gasteiger partial charge in [0.25, 0.3) is 0 Å². The number of hydrogen-bond acceptors (Lipinski definition) is 3. The van der Waals surface area contributed by atoms with Gasteiger partial charge in [-0.05, 0) is 43.0 Å². The molecule has 2 aromatic rings. The molecule has 0 aromatic heterocycles. The molecule has 2 rings (SSSR count). The van der Waals surface area contributed by atoms with Gasteiger partial charge in [0.05, 0.1) is 12.6 Å². The van der Waals surface area contributed by atoms with Crippen LogP contribution in [0.1, 0.15) is 57.3 Å². The van der Waals surface area contributed by atoms with Crippen LogP contribution in [0.4, 0.5) is 0 Å². The van der Waals surface area contributed by atoms with Crippen molar-refractivity contribution in [1.29, 1.82) is 0 Å². The maximum atomic E-state index is 13.0. The molecule has 0 fully saturated rings. The molecular formula is C23H30N2O3. The van der Waals surface area contributed by atoms with Gasteiger partial charge in [-0.2, -0.15) is 0 Å². The summed E-state index contributed by atoms with van der Waals surface area (Å²) in [6, 6.07) is 16.0. The van der Waals surface area contributed by atoms with Crippen molar-refractivity contribution in [3.8, 4) is 5.75 Å². The van der Waals surface area contributed by atoms with Crippen molar-refractivity contribution in [3.05, 3.63) is 65.7 Å². The van der Waals surface area contributed by atoms with Gasteiger partial charge in [0.1, 0.15) is 11.8 Å². The predicted molar refractivity (Wildman–Crippen MR) is 111 cm³/mol. The Morgan fingerprint density at radius 3 is 2.25 bits per heavy atom. The molecule has 28 heavy (non-hydrogen) atoms. The molecule has 5 nitrogen and oxygen atoms in total. The van der Waals surface area contributed by atoms with Crippen molar-refractivity contribution in [2.24, 2.45) is 5.92 Å². The summed E-state index contributed by atoms with van der Waals surface area (Å²) in [5.41, 5.74) is 1.70. The van der Waals surface area contributed by atoms with Gasteiger partial charge in [0.15, 0.2) is 0 Å². The van der Waals surface area contributed by atoms with Gasteiger partial charge in [0.2, 0.25) is 11.8 Å². The topological polar surface area (TPSA) is 67.4 Å². The van der Waals surface area contributed by atoms with Crippen LogP contribution in [-0.2, 0) is 9.59 Å². The van der Waals surface area contributed by atoms with Crippen LogP contribution < -0.4 is 15.4 Å². The van der Waals surface area contributed by atoms with E-state index in [9.17, 15) is 9.59 Å². The first-order chi connectivity index (χ1) is 13.4. The zero-order valence-corrected chi connectivity index (χ0v) is 17.1. The average Bonchev–Trinajstić information content (AvgIpc) is 2.66. The normalized spacial score (nSPS) is 12.9. The van der Waals surface area contributed by atoms with Crippen LogP contribution in [0.25, 0.3) is 0 Å². The lowest BCUT2D eigenvalue weighted by molar-refractivity contribution is -0.130. The minimum Gasteiger partial charge on any atom is -0.494 e. The second kappa shape index (κ2) is 10.5. The van der Waals surface area contributed by atoms with Gasteiger partial charge in [0, 0.05) is 6.42 Å². The Morgan fingerprint density at radius 2 is 1.61 bits per heavy atom. The van der Waals surface area contributed by atoms with Crippen LogP contribution in [0.15, 0.2) is 54.6 Å². The zero-order chi connectivity index (χ0) is 20.5. The Hall–Kier alpha value is -2.82. The largest absolute Gasteiger partial charge is 0.494 e. The van der Waals surface area contributed by atoms with Crippen LogP contribution in [0.5, 0.6) is 5.75 Å². The number of rotatable bonds is 9. The first kappa shape index (κ1) is 21.5. The van der Waals surface area contributed by atoms with Gasteiger partial charge < -0.3 is 15.4 Å². The van der Waals surface area contributed by atoms with E-state index in [0.29, 0.717) is 13.0 Å². The number of ether oxygens (including phenoxy) is 1. The molecule has 5 heteroatoms. The molecule has 0 aliphatic rings. The molecule has 0 bridgehead atoms. The van der Waals surface area contributed by atoms with E-state index in [1.54, 1.807) is 0 Å². The fraction of sp³-hybridized carbons (Fsp3) is 0.391. The number of nitrogens with one attached hydrogen (secondary N) is 2. The minimum absolute atomic E-state index is 0.134. The van der Waals surface area contributed by atoms with Crippen molar-refractivity contribution >= 4 is 11.8 Å². The summed E-state index contributed by atoms with van der Waals surface area (Å²) in [5, 5.41) is 5.89. The van der Waals surface area contributed by atoms with Crippen molar-refractivity contribution in [2.45, 2.75) is 46.2 Å². The fourth-order valence-electron chi connectivity index (χ4n) is 2.96. The van der Waals surface area contributed by atoms with E-state index in [4.69, 9.17) is 4.74 Å². The van der Waals surface area contributed by atoms with E-state index in [2.05, 4.69) is 10.6 Å². The first-order valence-corrected chi connectivity index (χ1v) is 9.78. The van der Waals surface area contributed by atoms with Crippen LogP contribution in [0.2, 0.25) is 0 Å². The molecule has 2 amide bonds. The van der Waals surface area contributed by atoms with Gasteiger partial charge in [-0.1, -0.05) is 56.3 Å². The Morgan fingerprint density at radius 1 is 0.929 bits per heavy atom. The molecule has 0 spiro atoms. The highest BCUT2D eigenvalue weighted by Crippen LogP contribution is 2.21. The summed E-state index contributed by atoms with van der Waals surface area (Å²) in [4.78, 5) is 25.3. The Kier molecular flexibility index (Phi) is 8.05. The highest BCUT2D eigenvalue weighted by Gasteiger charge is 2.24. The number of benzene rings is 2. The maximum absolute atomic E-state index is 13.0. The average molecular weight is 383 g/mol. The lowest BCUT2D eigenvalue weighted by Crippen LogP contribution is -2.41. The van der Waals surface area contributed by atoms with Crippen LogP contribution in [0, 0.1) is 5.92 Å². The summed E-state index contributed by atoms with van der Waals surface area (Å²) in [5.74, 6) is 0.619. The number of carbonyl (C=O) groups excluding carboxylic acids is 2. The third kappa shape index (κ3) is 6.41. The number of carbonyl (C=O) groups is 2. The molecule has 2 aromatic carbocycles. The third-order valence-corrected chi connectivity index (χ3v) is 4.32. The van der Waals surface area contributed by atoms with Gasteiger partial charge in [-0.15, -0.1) is 0 Å². The van der Waals surface area contributed by atoms with E-state index >= 15 is 0 Å². The summed E-state index contributed by atoms with van der Waals surface area (Å²) in [6.07, 6.45) is 0.378. The van der Waals surface area contributed by atoms with E-state index in [1.165, 1.54) is 0 Å². The molecule has 0 heterocycles. The zero-order valence-electron chi connectivity index (χ0n) is 17.1. The minimum atomic E-state index is -0.732. The van der Waals surface area contributed by atoms with E-state index in [0.717, 1.165) is 16.9 Å². The standard InChI is InChI=1S/C23H30N2O3/c1-5-28-20-13-9-12-19(15-20)17(4)24-23(27)22(18-10-7-6-8-11-18)25-21(26)14-16(2)3/h6-13,15-17,22H,5,14H2,1-4H3,(H,24,27)(H,25,26). The summed E-state index contributed by atoms with van der Waals surface area (Å²) in [7, 11) is 0. The fourth-order valence-corrected chi connectivity index (χ4v) is 2.96. The molecule has 0 saturated carbocycles. The van der Waals surface area contributed by atoms with Crippen molar-refractivity contribution in [3.63, 3.8) is 0 Å². The number of hydrogen-bond donors (Lipinski definition) is 2. The van der Waals surface area contributed by atoms with Crippen LogP contribution in [0.3, 0.4) is 0 Å². The molecule has 0 saturated heterocycles. The summed E-state index contributed by atoms with van der Waals surface area (Å²) < 4.78 is 5.54. The van der Waals surface area contributed by atoms with Gasteiger partial charge in [-0.3, -0.25) is 9.59 Å². The number of amides is 2. The monoisotopic (exact) mass is 382 g/mol. The molecule has 2 N–H and O–H groups in total. The van der Waals surface area contributed by atoms with Crippen molar-refractivity contribution < 1.29 is 14.3 Å². The maximum Gasteiger partial charge on any atom is 0.247 e. The molecule has 2 unspecified atom stereocenters. The second-order valence-corrected chi connectivity index (χ2v) is 7.24. The second-order valence-electron chi connectivity index (χ2n) is 7.24. The summed E-state index contributed by atoms with van der Waals surface area (Å²) >= 11 is 0. The summed E-state index contributed by atoms with van der Waals surface area (Å²) in [6.45, 7) is 8.39. The predicted octanol–water partition coefficient (Wildman–Crippen LogP) is 4.17. The highest BCUT2D eigenvalue weighted by molar-refractivity contribution is 5.89. The van der Waals surface area contributed by atoms with Crippen LogP contribution in [-0.4, -0.2) is 18.4 Å². The molecular weight excluding hydrogens is 352 g/mol. The van der Waals surface area contributed by atoms with Crippen molar-refractivity contribution in [1.82, 2.24) is 10.6 Å². The SMILES string of the molecule is CCOc1cccc(C(C)NC(=O)C(NC(=O)CC(C)C)c2ccccc2)c1. The Bertz CT molecular complexity index is 774. The van der Waals surface area contributed by atoms with Gasteiger partial charge >= 0.3 is 0 Å². The third-order valence-electron chi connectivity index (χ3n) is 4.32. The van der Waals surface area contributed by atoms with E-state index in [-0.39, 0.29) is 23.8 Å². The molecule has 2 atom stereocenters. The molecule has 0 aliphatic carbocycles. The Balaban J connectivity index is 2.15.